The normalized spacial score (nSPS) is 12.0. The van der Waals surface area contributed by atoms with Crippen LogP contribution in [0.2, 0.25) is 0 Å². The standard InChI is InChI=1S/C10H24N2/c1-10(2)12(5)9-7-6-8-11(3)4/h10H,6-9H2,1-5H3. The van der Waals surface area contributed by atoms with Crippen LogP contribution in [-0.4, -0.2) is 50.1 Å². The SMILES string of the molecule is CC(C)N(C)CCCCN(C)C. The van der Waals surface area contributed by atoms with Gasteiger partial charge in [0.2, 0.25) is 0 Å². The molecule has 0 aromatic rings. The molecule has 0 aromatic heterocycles. The summed E-state index contributed by atoms with van der Waals surface area (Å²) in [6, 6.07) is 0.685. The van der Waals surface area contributed by atoms with Gasteiger partial charge in [-0.2, -0.15) is 0 Å². The maximum absolute atomic E-state index is 2.40. The number of hydrogen-bond acceptors (Lipinski definition) is 2. The summed E-state index contributed by atoms with van der Waals surface area (Å²) >= 11 is 0. The highest BCUT2D eigenvalue weighted by molar-refractivity contribution is 4.57. The molecule has 0 atom stereocenters. The zero-order valence-corrected chi connectivity index (χ0v) is 9.30. The van der Waals surface area contributed by atoms with E-state index in [0.717, 1.165) is 0 Å². The first kappa shape index (κ1) is 11.9. The molecule has 0 saturated heterocycles. The average molecular weight is 172 g/mol. The van der Waals surface area contributed by atoms with Crippen LogP contribution in [0.3, 0.4) is 0 Å². The van der Waals surface area contributed by atoms with Crippen LogP contribution in [0.25, 0.3) is 0 Å². The summed E-state index contributed by atoms with van der Waals surface area (Å²) in [6.07, 6.45) is 2.62. The van der Waals surface area contributed by atoms with Crippen molar-refractivity contribution in [3.8, 4) is 0 Å². The van der Waals surface area contributed by atoms with Gasteiger partial charge in [-0.1, -0.05) is 0 Å². The van der Waals surface area contributed by atoms with Crippen molar-refractivity contribution in [1.82, 2.24) is 9.80 Å². The quantitative estimate of drug-likeness (QED) is 0.562. The highest BCUT2D eigenvalue weighted by Gasteiger charge is 2.01. The van der Waals surface area contributed by atoms with Crippen LogP contribution in [-0.2, 0) is 0 Å². The molecule has 0 aliphatic carbocycles. The Bertz CT molecular complexity index is 100. The Morgan fingerprint density at radius 3 is 1.83 bits per heavy atom. The van der Waals surface area contributed by atoms with E-state index in [4.69, 9.17) is 0 Å². The molecule has 0 aliphatic rings. The highest BCUT2D eigenvalue weighted by atomic mass is 15.1. The van der Waals surface area contributed by atoms with E-state index in [0.29, 0.717) is 6.04 Å². The monoisotopic (exact) mass is 172 g/mol. The predicted molar refractivity (Wildman–Crippen MR) is 55.6 cm³/mol. The van der Waals surface area contributed by atoms with Crippen LogP contribution in [0.5, 0.6) is 0 Å². The molecule has 74 valence electrons. The second kappa shape index (κ2) is 6.44. The summed E-state index contributed by atoms with van der Waals surface area (Å²) in [5.74, 6) is 0. The highest BCUT2D eigenvalue weighted by Crippen LogP contribution is 1.98. The van der Waals surface area contributed by atoms with Gasteiger partial charge in [0.25, 0.3) is 0 Å². The van der Waals surface area contributed by atoms with E-state index in [1.165, 1.54) is 25.9 Å². The summed E-state index contributed by atoms with van der Waals surface area (Å²) in [5.41, 5.74) is 0. The van der Waals surface area contributed by atoms with Gasteiger partial charge >= 0.3 is 0 Å². The maximum atomic E-state index is 2.40. The molecule has 0 unspecified atom stereocenters. The Labute approximate surface area is 77.5 Å². The van der Waals surface area contributed by atoms with E-state index in [9.17, 15) is 0 Å². The largest absolute Gasteiger partial charge is 0.309 e. The molecule has 0 rings (SSSR count). The Morgan fingerprint density at radius 1 is 0.917 bits per heavy atom. The molecule has 0 heterocycles. The van der Waals surface area contributed by atoms with Crippen molar-refractivity contribution in [2.24, 2.45) is 0 Å². The molecule has 12 heavy (non-hydrogen) atoms. The van der Waals surface area contributed by atoms with Gasteiger partial charge in [-0.3, -0.25) is 0 Å². The lowest BCUT2D eigenvalue weighted by molar-refractivity contribution is 0.262. The Kier molecular flexibility index (Phi) is 6.39. The molecule has 0 bridgehead atoms. The Morgan fingerprint density at radius 2 is 1.42 bits per heavy atom. The van der Waals surface area contributed by atoms with Crippen molar-refractivity contribution in [2.75, 3.05) is 34.2 Å². The molecule has 0 fully saturated rings. The third-order valence-corrected chi connectivity index (χ3v) is 2.25. The fourth-order valence-electron chi connectivity index (χ4n) is 1.05. The molecule has 0 aromatic carbocycles. The summed E-state index contributed by atoms with van der Waals surface area (Å²) in [4.78, 5) is 4.64. The van der Waals surface area contributed by atoms with E-state index in [-0.39, 0.29) is 0 Å². The van der Waals surface area contributed by atoms with E-state index >= 15 is 0 Å². The van der Waals surface area contributed by atoms with Crippen LogP contribution in [0.1, 0.15) is 26.7 Å². The molecular formula is C10H24N2. The third-order valence-electron chi connectivity index (χ3n) is 2.25. The number of nitrogens with zero attached hydrogens (tertiary/aromatic N) is 2. The zero-order chi connectivity index (χ0) is 9.56. The fourth-order valence-corrected chi connectivity index (χ4v) is 1.05. The van der Waals surface area contributed by atoms with Gasteiger partial charge in [-0.15, -0.1) is 0 Å². The lowest BCUT2D eigenvalue weighted by Crippen LogP contribution is -2.27. The van der Waals surface area contributed by atoms with Crippen LogP contribution >= 0.6 is 0 Å². The average Bonchev–Trinajstić information content (AvgIpc) is 1.97. The molecule has 2 heteroatoms. The van der Waals surface area contributed by atoms with Crippen molar-refractivity contribution in [3.63, 3.8) is 0 Å². The van der Waals surface area contributed by atoms with Gasteiger partial charge in [-0.05, 0) is 60.9 Å². The van der Waals surface area contributed by atoms with Gasteiger partial charge in [0.1, 0.15) is 0 Å². The minimum Gasteiger partial charge on any atom is -0.309 e. The van der Waals surface area contributed by atoms with Crippen molar-refractivity contribution in [1.29, 1.82) is 0 Å². The predicted octanol–water partition coefficient (Wildman–Crippen LogP) is 1.67. The first-order valence-electron chi connectivity index (χ1n) is 4.89. The molecule has 2 nitrogen and oxygen atoms in total. The molecule has 0 spiro atoms. The van der Waals surface area contributed by atoms with Gasteiger partial charge in [0.05, 0.1) is 0 Å². The van der Waals surface area contributed by atoms with Crippen LogP contribution in [0.4, 0.5) is 0 Å². The van der Waals surface area contributed by atoms with Crippen LogP contribution < -0.4 is 0 Å². The number of unbranched alkanes of at least 4 members (excludes halogenated alkanes) is 1. The lowest BCUT2D eigenvalue weighted by atomic mass is 10.2. The summed E-state index contributed by atoms with van der Waals surface area (Å²) in [5, 5.41) is 0. The Hall–Kier alpha value is -0.0800. The Balaban J connectivity index is 3.20. The van der Waals surface area contributed by atoms with Crippen molar-refractivity contribution < 1.29 is 0 Å². The summed E-state index contributed by atoms with van der Waals surface area (Å²) in [6.45, 7) is 6.93. The van der Waals surface area contributed by atoms with E-state index in [2.05, 4.69) is 44.8 Å². The van der Waals surface area contributed by atoms with E-state index in [1.54, 1.807) is 0 Å². The van der Waals surface area contributed by atoms with Crippen LogP contribution in [0, 0.1) is 0 Å². The van der Waals surface area contributed by atoms with Gasteiger partial charge in [0.15, 0.2) is 0 Å². The topological polar surface area (TPSA) is 6.48 Å². The van der Waals surface area contributed by atoms with Crippen molar-refractivity contribution in [3.05, 3.63) is 0 Å². The first-order valence-corrected chi connectivity index (χ1v) is 4.89. The lowest BCUT2D eigenvalue weighted by Gasteiger charge is -2.21. The third kappa shape index (κ3) is 6.62. The van der Waals surface area contributed by atoms with Crippen LogP contribution in [0.15, 0.2) is 0 Å². The van der Waals surface area contributed by atoms with Gasteiger partial charge in [0, 0.05) is 6.04 Å². The second-order valence-electron chi connectivity index (χ2n) is 4.08. The second-order valence-corrected chi connectivity index (χ2v) is 4.08. The molecule has 0 radical (unpaired) electrons. The zero-order valence-electron chi connectivity index (χ0n) is 9.30. The fraction of sp³-hybridized carbons (Fsp3) is 1.00. The van der Waals surface area contributed by atoms with Gasteiger partial charge < -0.3 is 9.80 Å². The number of hydrogen-bond donors (Lipinski definition) is 0. The summed E-state index contributed by atoms with van der Waals surface area (Å²) < 4.78 is 0. The summed E-state index contributed by atoms with van der Waals surface area (Å²) in [7, 11) is 6.46. The van der Waals surface area contributed by atoms with Gasteiger partial charge in [-0.25, -0.2) is 0 Å². The minimum atomic E-state index is 0.685. The minimum absolute atomic E-state index is 0.685. The molecular weight excluding hydrogens is 148 g/mol. The molecule has 0 saturated carbocycles. The van der Waals surface area contributed by atoms with Crippen molar-refractivity contribution in [2.45, 2.75) is 32.7 Å². The smallest absolute Gasteiger partial charge is 0.00355 e. The number of rotatable bonds is 6. The molecule has 0 N–H and O–H groups in total. The van der Waals surface area contributed by atoms with E-state index < -0.39 is 0 Å². The molecule has 0 amide bonds. The van der Waals surface area contributed by atoms with E-state index in [1.807, 2.05) is 0 Å². The molecule has 0 aliphatic heterocycles. The maximum Gasteiger partial charge on any atom is 0.00355 e. The van der Waals surface area contributed by atoms with Crippen molar-refractivity contribution >= 4 is 0 Å². The first-order chi connectivity index (χ1) is 5.54.